The van der Waals surface area contributed by atoms with Crippen LogP contribution in [0.4, 0.5) is 17.1 Å². The van der Waals surface area contributed by atoms with Crippen LogP contribution in [0.5, 0.6) is 0 Å². The first-order valence-electron chi connectivity index (χ1n) is 16.4. The summed E-state index contributed by atoms with van der Waals surface area (Å²) in [5.74, 6) is 0. The van der Waals surface area contributed by atoms with E-state index in [4.69, 9.17) is 0 Å². The van der Waals surface area contributed by atoms with Crippen LogP contribution in [-0.4, -0.2) is 4.98 Å². The molecule has 3 heterocycles. The van der Waals surface area contributed by atoms with Crippen LogP contribution < -0.4 is 4.90 Å². The number of thiophene rings is 2. The zero-order valence-corrected chi connectivity index (χ0v) is 28.0. The molecule has 0 aliphatic carbocycles. The summed E-state index contributed by atoms with van der Waals surface area (Å²) in [6.45, 7) is 0. The molecule has 230 valence electrons. The molecule has 0 unspecified atom stereocenters. The molecule has 0 atom stereocenters. The van der Waals surface area contributed by atoms with Crippen molar-refractivity contribution < 1.29 is 0 Å². The van der Waals surface area contributed by atoms with Gasteiger partial charge in [0.15, 0.2) is 0 Å². The summed E-state index contributed by atoms with van der Waals surface area (Å²) < 4.78 is 5.11. The van der Waals surface area contributed by atoms with Gasteiger partial charge in [-0.25, -0.2) is 0 Å². The van der Waals surface area contributed by atoms with Crippen LogP contribution in [0.25, 0.3) is 73.4 Å². The second kappa shape index (κ2) is 11.4. The summed E-state index contributed by atoms with van der Waals surface area (Å²) in [7, 11) is 0. The Morgan fingerprint density at radius 3 is 1.80 bits per heavy atom. The maximum Gasteiger partial charge on any atom is 0.0640 e. The standard InChI is InChI=1S/C45H28N2S2/c1-2-10-34-29(8-1)9-5-12-35(34)30-18-22-32(23-19-30)47(41-16-7-15-40-37-11-3-4-17-42(37)48-45(40)41)33-24-20-31(21-25-33)36-13-6-14-39-38-26-27-46-28-43(38)49-44(36)39/h1-28H. The Hall–Kier alpha value is -5.81. The summed E-state index contributed by atoms with van der Waals surface area (Å²) in [6, 6.07) is 57.5. The minimum atomic E-state index is 1.12. The zero-order chi connectivity index (χ0) is 32.3. The van der Waals surface area contributed by atoms with Gasteiger partial charge in [-0.05, 0) is 75.5 Å². The maximum absolute atomic E-state index is 4.38. The Morgan fingerprint density at radius 1 is 0.408 bits per heavy atom. The highest BCUT2D eigenvalue weighted by Gasteiger charge is 2.19. The van der Waals surface area contributed by atoms with E-state index in [1.807, 2.05) is 35.1 Å². The highest BCUT2D eigenvalue weighted by molar-refractivity contribution is 7.26. The van der Waals surface area contributed by atoms with E-state index in [-0.39, 0.29) is 0 Å². The molecule has 0 amide bonds. The Balaban J connectivity index is 1.12. The van der Waals surface area contributed by atoms with Crippen molar-refractivity contribution in [1.29, 1.82) is 0 Å². The predicted octanol–water partition coefficient (Wildman–Crippen LogP) is 13.8. The van der Waals surface area contributed by atoms with E-state index in [1.165, 1.54) is 79.1 Å². The molecule has 0 aliphatic rings. The monoisotopic (exact) mass is 660 g/mol. The van der Waals surface area contributed by atoms with Crippen LogP contribution in [0.1, 0.15) is 0 Å². The average Bonchev–Trinajstić information content (AvgIpc) is 3.75. The molecule has 2 nitrogen and oxygen atoms in total. The lowest BCUT2D eigenvalue weighted by Crippen LogP contribution is -2.10. The van der Waals surface area contributed by atoms with Gasteiger partial charge in [-0.3, -0.25) is 4.98 Å². The fraction of sp³-hybridized carbons (Fsp3) is 0. The van der Waals surface area contributed by atoms with Crippen LogP contribution in [0.3, 0.4) is 0 Å². The van der Waals surface area contributed by atoms with E-state index in [2.05, 4.69) is 168 Å². The van der Waals surface area contributed by atoms with Gasteiger partial charge in [0.05, 0.1) is 15.1 Å². The largest absolute Gasteiger partial charge is 0.309 e. The molecule has 49 heavy (non-hydrogen) atoms. The summed E-state index contributed by atoms with van der Waals surface area (Å²) in [5, 5.41) is 7.67. The van der Waals surface area contributed by atoms with Crippen molar-refractivity contribution in [2.45, 2.75) is 0 Å². The van der Waals surface area contributed by atoms with Crippen LogP contribution in [0.2, 0.25) is 0 Å². The van der Waals surface area contributed by atoms with Crippen molar-refractivity contribution in [3.63, 3.8) is 0 Å². The molecular formula is C45H28N2S2. The number of fused-ring (bicyclic) bond motifs is 7. The maximum atomic E-state index is 4.38. The van der Waals surface area contributed by atoms with Crippen molar-refractivity contribution >= 4 is 90.9 Å². The molecule has 0 saturated carbocycles. The minimum Gasteiger partial charge on any atom is -0.309 e. The molecule has 0 saturated heterocycles. The van der Waals surface area contributed by atoms with Crippen molar-refractivity contribution in [2.75, 3.05) is 4.90 Å². The highest BCUT2D eigenvalue weighted by atomic mass is 32.1. The number of pyridine rings is 1. The van der Waals surface area contributed by atoms with E-state index >= 15 is 0 Å². The molecule has 4 heteroatoms. The molecule has 0 aliphatic heterocycles. The van der Waals surface area contributed by atoms with Gasteiger partial charge < -0.3 is 4.90 Å². The molecule has 0 radical (unpaired) electrons. The van der Waals surface area contributed by atoms with Gasteiger partial charge in [-0.1, -0.05) is 115 Å². The van der Waals surface area contributed by atoms with Crippen molar-refractivity contribution in [3.05, 3.63) is 170 Å². The van der Waals surface area contributed by atoms with Crippen LogP contribution in [0, 0.1) is 0 Å². The second-order valence-corrected chi connectivity index (χ2v) is 14.5. The van der Waals surface area contributed by atoms with Gasteiger partial charge in [-0.2, -0.15) is 0 Å². The van der Waals surface area contributed by atoms with Gasteiger partial charge in [0, 0.05) is 54.7 Å². The molecule has 0 N–H and O–H groups in total. The third kappa shape index (κ3) is 4.64. The van der Waals surface area contributed by atoms with Gasteiger partial charge in [0.2, 0.25) is 0 Å². The highest BCUT2D eigenvalue weighted by Crippen LogP contribution is 2.46. The molecule has 3 aromatic heterocycles. The first kappa shape index (κ1) is 28.2. The number of anilines is 3. The third-order valence-electron chi connectivity index (χ3n) is 9.59. The van der Waals surface area contributed by atoms with E-state index in [9.17, 15) is 0 Å². The number of aromatic nitrogens is 1. The molecule has 0 fully saturated rings. The Bertz CT molecular complexity index is 2820. The fourth-order valence-corrected chi connectivity index (χ4v) is 9.68. The number of hydrogen-bond donors (Lipinski definition) is 0. The number of rotatable bonds is 5. The van der Waals surface area contributed by atoms with E-state index in [1.54, 1.807) is 0 Å². The normalized spacial score (nSPS) is 11.7. The quantitative estimate of drug-likeness (QED) is 0.183. The van der Waals surface area contributed by atoms with E-state index < -0.39 is 0 Å². The van der Waals surface area contributed by atoms with Gasteiger partial charge in [0.1, 0.15) is 0 Å². The molecule has 10 aromatic rings. The Labute approximate surface area is 291 Å². The Morgan fingerprint density at radius 2 is 0.980 bits per heavy atom. The average molecular weight is 661 g/mol. The van der Waals surface area contributed by atoms with Crippen LogP contribution >= 0.6 is 22.7 Å². The first-order valence-corrected chi connectivity index (χ1v) is 18.1. The van der Waals surface area contributed by atoms with Gasteiger partial charge in [0.25, 0.3) is 0 Å². The number of hydrogen-bond acceptors (Lipinski definition) is 4. The minimum absolute atomic E-state index is 1.12. The molecule has 0 bridgehead atoms. The summed E-state index contributed by atoms with van der Waals surface area (Å²) in [4.78, 5) is 6.79. The third-order valence-corrected chi connectivity index (χ3v) is 12.0. The van der Waals surface area contributed by atoms with Crippen molar-refractivity contribution in [2.24, 2.45) is 0 Å². The lowest BCUT2D eigenvalue weighted by molar-refractivity contribution is 1.30. The predicted molar refractivity (Wildman–Crippen MR) is 213 cm³/mol. The lowest BCUT2D eigenvalue weighted by atomic mass is 9.98. The zero-order valence-electron chi connectivity index (χ0n) is 26.4. The number of nitrogens with zero attached hydrogens (tertiary/aromatic N) is 2. The van der Waals surface area contributed by atoms with Crippen molar-refractivity contribution in [1.82, 2.24) is 4.98 Å². The first-order chi connectivity index (χ1) is 24.3. The van der Waals surface area contributed by atoms with Gasteiger partial charge >= 0.3 is 0 Å². The molecule has 0 spiro atoms. The smallest absolute Gasteiger partial charge is 0.0640 e. The SMILES string of the molecule is c1ccc2c(-c3ccc(N(c4ccc(-c5cccc6c5sc5cnccc56)cc4)c4cccc5c4sc4ccccc45)cc3)cccc2c1. The summed E-state index contributed by atoms with van der Waals surface area (Å²) in [5.41, 5.74) is 8.35. The van der Waals surface area contributed by atoms with E-state index in [0.717, 1.165) is 11.4 Å². The van der Waals surface area contributed by atoms with Crippen molar-refractivity contribution in [3.8, 4) is 22.3 Å². The van der Waals surface area contributed by atoms with Crippen LogP contribution in [0.15, 0.2) is 170 Å². The molecular weight excluding hydrogens is 633 g/mol. The molecule has 7 aromatic carbocycles. The van der Waals surface area contributed by atoms with Crippen LogP contribution in [-0.2, 0) is 0 Å². The lowest BCUT2D eigenvalue weighted by Gasteiger charge is -2.26. The number of benzene rings is 7. The summed E-state index contributed by atoms with van der Waals surface area (Å²) >= 11 is 3.68. The van der Waals surface area contributed by atoms with Gasteiger partial charge in [-0.15, -0.1) is 22.7 Å². The summed E-state index contributed by atoms with van der Waals surface area (Å²) in [6.07, 6.45) is 3.86. The Kier molecular flexibility index (Phi) is 6.57. The topological polar surface area (TPSA) is 16.1 Å². The fourth-order valence-electron chi connectivity index (χ4n) is 7.27. The van der Waals surface area contributed by atoms with E-state index in [0.29, 0.717) is 0 Å². The second-order valence-electron chi connectivity index (χ2n) is 12.4. The molecule has 10 rings (SSSR count).